The highest BCUT2D eigenvalue weighted by atomic mass is 79.9. The Balaban J connectivity index is 2.05. The van der Waals surface area contributed by atoms with Crippen molar-refractivity contribution in [2.75, 3.05) is 11.9 Å². The predicted molar refractivity (Wildman–Crippen MR) is 92.0 cm³/mol. The van der Waals surface area contributed by atoms with Gasteiger partial charge < -0.3 is 14.8 Å². The Kier molecular flexibility index (Phi) is 6.74. The molecule has 0 radical (unpaired) electrons. The molecule has 1 aromatic heterocycles. The molecule has 25 heavy (non-hydrogen) atoms. The number of benzene rings is 1. The molecular formula is C16H18BrF2N3O3. The molecule has 0 aliphatic heterocycles. The van der Waals surface area contributed by atoms with Crippen molar-refractivity contribution in [3.8, 4) is 11.5 Å². The summed E-state index contributed by atoms with van der Waals surface area (Å²) in [7, 11) is 0. The molecule has 9 heteroatoms. The molecule has 0 aliphatic rings. The number of carbonyl (C=O) groups excluding carboxylic acids is 1. The number of rotatable bonds is 8. The van der Waals surface area contributed by atoms with Gasteiger partial charge in [-0.05, 0) is 35.0 Å². The first-order valence-corrected chi connectivity index (χ1v) is 8.38. The first-order valence-electron chi connectivity index (χ1n) is 7.59. The predicted octanol–water partition coefficient (Wildman–Crippen LogP) is 3.92. The van der Waals surface area contributed by atoms with E-state index in [1.165, 1.54) is 18.2 Å². The molecule has 1 unspecified atom stereocenters. The number of amides is 1. The van der Waals surface area contributed by atoms with E-state index >= 15 is 0 Å². The molecule has 0 bridgehead atoms. The van der Waals surface area contributed by atoms with Gasteiger partial charge in [-0.3, -0.25) is 9.48 Å². The number of aromatic nitrogens is 2. The van der Waals surface area contributed by atoms with Crippen LogP contribution in [0.25, 0.3) is 0 Å². The molecular weight excluding hydrogens is 400 g/mol. The molecule has 1 atom stereocenters. The Labute approximate surface area is 152 Å². The number of ether oxygens (including phenoxy) is 2. The van der Waals surface area contributed by atoms with E-state index in [0.717, 1.165) is 4.47 Å². The number of anilines is 1. The van der Waals surface area contributed by atoms with Gasteiger partial charge in [-0.25, -0.2) is 0 Å². The first kappa shape index (κ1) is 19.2. The Morgan fingerprint density at radius 2 is 2.16 bits per heavy atom. The van der Waals surface area contributed by atoms with E-state index in [-0.39, 0.29) is 29.9 Å². The summed E-state index contributed by atoms with van der Waals surface area (Å²) in [6.45, 7) is 1.22. The van der Waals surface area contributed by atoms with Gasteiger partial charge in [0.2, 0.25) is 5.91 Å². The molecule has 0 spiro atoms. The molecule has 6 nitrogen and oxygen atoms in total. The van der Waals surface area contributed by atoms with Crippen LogP contribution in [-0.2, 0) is 11.3 Å². The highest BCUT2D eigenvalue weighted by Gasteiger charge is 2.16. The molecule has 0 saturated carbocycles. The fourth-order valence-electron chi connectivity index (χ4n) is 2.11. The number of hydrogen-bond donors (Lipinski definition) is 1. The van der Waals surface area contributed by atoms with E-state index in [2.05, 4.69) is 31.1 Å². The molecule has 136 valence electrons. The second kappa shape index (κ2) is 8.80. The maximum Gasteiger partial charge on any atom is 0.387 e. The second-order valence-electron chi connectivity index (χ2n) is 5.24. The van der Waals surface area contributed by atoms with Crippen molar-refractivity contribution in [1.29, 1.82) is 0 Å². The van der Waals surface area contributed by atoms with Crippen LogP contribution in [-0.4, -0.2) is 28.9 Å². The van der Waals surface area contributed by atoms with Crippen molar-refractivity contribution >= 4 is 27.5 Å². The van der Waals surface area contributed by atoms with Gasteiger partial charge in [-0.2, -0.15) is 13.9 Å². The Hall–Kier alpha value is -2.16. The molecule has 0 saturated heterocycles. The van der Waals surface area contributed by atoms with Crippen LogP contribution in [0, 0.1) is 5.92 Å². The molecule has 1 N–H and O–H groups in total. The minimum absolute atomic E-state index is 0.0794. The van der Waals surface area contributed by atoms with Crippen LogP contribution >= 0.6 is 15.9 Å². The molecule has 2 aromatic rings. The largest absolute Gasteiger partial charge is 0.490 e. The fourth-order valence-corrected chi connectivity index (χ4v) is 2.44. The third-order valence-corrected chi connectivity index (χ3v) is 3.65. The van der Waals surface area contributed by atoms with E-state index < -0.39 is 6.61 Å². The fraction of sp³-hybridized carbons (Fsp3) is 0.375. The SMILES string of the molecule is CCOc1cc(NC(=O)C(C)Cn2cc(Br)cn2)ccc1OC(F)F. The van der Waals surface area contributed by atoms with Crippen molar-refractivity contribution in [1.82, 2.24) is 9.78 Å². The van der Waals surface area contributed by atoms with Crippen LogP contribution in [0.5, 0.6) is 11.5 Å². The van der Waals surface area contributed by atoms with E-state index in [0.29, 0.717) is 12.2 Å². The maximum absolute atomic E-state index is 12.4. The zero-order chi connectivity index (χ0) is 18.4. The van der Waals surface area contributed by atoms with Gasteiger partial charge >= 0.3 is 6.61 Å². The Morgan fingerprint density at radius 1 is 1.40 bits per heavy atom. The minimum Gasteiger partial charge on any atom is -0.490 e. The van der Waals surface area contributed by atoms with Crippen molar-refractivity contribution in [3.05, 3.63) is 35.1 Å². The lowest BCUT2D eigenvalue weighted by molar-refractivity contribution is -0.119. The van der Waals surface area contributed by atoms with Gasteiger partial charge in [-0.15, -0.1) is 0 Å². The summed E-state index contributed by atoms with van der Waals surface area (Å²) >= 11 is 3.30. The van der Waals surface area contributed by atoms with Gasteiger partial charge in [0.1, 0.15) is 0 Å². The lowest BCUT2D eigenvalue weighted by Crippen LogP contribution is -2.24. The summed E-state index contributed by atoms with van der Waals surface area (Å²) < 4.78 is 37.0. The number of hydrogen-bond acceptors (Lipinski definition) is 4. The third kappa shape index (κ3) is 5.70. The zero-order valence-electron chi connectivity index (χ0n) is 13.7. The number of alkyl halides is 2. The summed E-state index contributed by atoms with van der Waals surface area (Å²) in [6.07, 6.45) is 3.41. The molecule has 1 amide bonds. The monoisotopic (exact) mass is 417 g/mol. The minimum atomic E-state index is -2.95. The third-order valence-electron chi connectivity index (χ3n) is 3.24. The lowest BCUT2D eigenvalue weighted by Gasteiger charge is -2.15. The average Bonchev–Trinajstić information content (AvgIpc) is 2.94. The van der Waals surface area contributed by atoms with Crippen molar-refractivity contribution in [2.24, 2.45) is 5.92 Å². The van der Waals surface area contributed by atoms with Gasteiger partial charge in [0, 0.05) is 18.0 Å². The normalized spacial score (nSPS) is 12.1. The topological polar surface area (TPSA) is 65.4 Å². The van der Waals surface area contributed by atoms with Crippen LogP contribution in [0.15, 0.2) is 35.1 Å². The number of halogens is 3. The number of nitrogens with zero attached hydrogens (tertiary/aromatic N) is 2. The van der Waals surface area contributed by atoms with Crippen LogP contribution in [0.4, 0.5) is 14.5 Å². The van der Waals surface area contributed by atoms with Crippen molar-refractivity contribution in [2.45, 2.75) is 27.0 Å². The highest BCUT2D eigenvalue weighted by molar-refractivity contribution is 9.10. The van der Waals surface area contributed by atoms with E-state index in [1.54, 1.807) is 30.9 Å². The first-order chi connectivity index (χ1) is 11.9. The molecule has 2 rings (SSSR count). The Bertz CT molecular complexity index is 724. The standard InChI is InChI=1S/C16H18BrF2N3O3/c1-3-24-14-6-12(4-5-13(14)25-16(18)19)21-15(23)10(2)8-22-9-11(17)7-20-22/h4-7,9-10,16H,3,8H2,1-2H3,(H,21,23). The van der Waals surface area contributed by atoms with Crippen LogP contribution < -0.4 is 14.8 Å². The summed E-state index contributed by atoms with van der Waals surface area (Å²) in [5, 5.41) is 6.84. The van der Waals surface area contributed by atoms with E-state index in [1.807, 2.05) is 0 Å². The van der Waals surface area contributed by atoms with Crippen LogP contribution in [0.2, 0.25) is 0 Å². The number of nitrogens with one attached hydrogen (secondary N) is 1. The molecule has 1 heterocycles. The quantitative estimate of drug-likeness (QED) is 0.706. The van der Waals surface area contributed by atoms with Gasteiger partial charge in [0.25, 0.3) is 0 Å². The zero-order valence-corrected chi connectivity index (χ0v) is 15.3. The van der Waals surface area contributed by atoms with Crippen molar-refractivity contribution in [3.63, 3.8) is 0 Å². The van der Waals surface area contributed by atoms with Gasteiger partial charge in [0.05, 0.1) is 29.7 Å². The van der Waals surface area contributed by atoms with Crippen LogP contribution in [0.1, 0.15) is 13.8 Å². The molecule has 0 aliphatic carbocycles. The smallest absolute Gasteiger partial charge is 0.387 e. The van der Waals surface area contributed by atoms with E-state index in [4.69, 9.17) is 4.74 Å². The number of carbonyl (C=O) groups is 1. The summed E-state index contributed by atoms with van der Waals surface area (Å²) in [5.74, 6) is -0.510. The van der Waals surface area contributed by atoms with Gasteiger partial charge in [0.15, 0.2) is 11.5 Å². The summed E-state index contributed by atoms with van der Waals surface area (Å²) in [4.78, 5) is 12.3. The molecule has 0 fully saturated rings. The second-order valence-corrected chi connectivity index (χ2v) is 6.16. The summed E-state index contributed by atoms with van der Waals surface area (Å²) in [6, 6.07) is 4.27. The summed E-state index contributed by atoms with van der Waals surface area (Å²) in [5.41, 5.74) is 0.434. The Morgan fingerprint density at radius 3 is 2.76 bits per heavy atom. The van der Waals surface area contributed by atoms with Crippen LogP contribution in [0.3, 0.4) is 0 Å². The highest BCUT2D eigenvalue weighted by Crippen LogP contribution is 2.32. The van der Waals surface area contributed by atoms with E-state index in [9.17, 15) is 13.6 Å². The lowest BCUT2D eigenvalue weighted by atomic mass is 10.1. The molecule has 1 aromatic carbocycles. The van der Waals surface area contributed by atoms with Gasteiger partial charge in [-0.1, -0.05) is 6.92 Å². The maximum atomic E-state index is 12.4. The average molecular weight is 418 g/mol. The van der Waals surface area contributed by atoms with Crippen molar-refractivity contribution < 1.29 is 23.0 Å².